The van der Waals surface area contributed by atoms with Crippen LogP contribution in [-0.2, 0) is 9.53 Å². The fraction of sp³-hybridized carbons (Fsp3) is 0.500. The molecule has 0 fully saturated rings. The van der Waals surface area contributed by atoms with Crippen molar-refractivity contribution in [3.63, 3.8) is 0 Å². The summed E-state index contributed by atoms with van der Waals surface area (Å²) in [4.78, 5) is 25.2. The van der Waals surface area contributed by atoms with E-state index in [9.17, 15) is 9.59 Å². The van der Waals surface area contributed by atoms with Gasteiger partial charge in [-0.3, -0.25) is 9.59 Å². The van der Waals surface area contributed by atoms with Crippen LogP contribution in [0.3, 0.4) is 0 Å². The van der Waals surface area contributed by atoms with Crippen molar-refractivity contribution in [2.24, 2.45) is 0 Å². The average molecular weight is 255 g/mol. The second-order valence-corrected chi connectivity index (χ2v) is 4.66. The van der Waals surface area contributed by atoms with Crippen LogP contribution in [0.5, 0.6) is 0 Å². The lowest BCUT2D eigenvalue weighted by Gasteiger charge is -2.15. The molecule has 5 heteroatoms. The number of carbonyl (C=O) groups is 2. The summed E-state index contributed by atoms with van der Waals surface area (Å²) in [5, 5.41) is 1.83. The number of thiophene rings is 1. The molecule has 1 heterocycles. The third-order valence-corrected chi connectivity index (χ3v) is 3.06. The van der Waals surface area contributed by atoms with Crippen LogP contribution < -0.4 is 0 Å². The minimum Gasteiger partial charge on any atom is -0.464 e. The minimum absolute atomic E-state index is 0.000444. The molecule has 0 N–H and O–H groups in total. The predicted octanol–water partition coefficient (Wildman–Crippen LogP) is 2.16. The first-order valence-corrected chi connectivity index (χ1v) is 6.47. The van der Waals surface area contributed by atoms with Gasteiger partial charge in [0.05, 0.1) is 11.5 Å². The Morgan fingerprint density at radius 1 is 1.47 bits per heavy atom. The number of carbonyl (C=O) groups excluding carboxylic acids is 2. The van der Waals surface area contributed by atoms with E-state index in [0.717, 1.165) is 12.8 Å². The van der Waals surface area contributed by atoms with Gasteiger partial charge in [0, 0.05) is 7.05 Å². The number of amides is 1. The smallest absolute Gasteiger partial charge is 0.325 e. The first-order chi connectivity index (χ1) is 8.15. The summed E-state index contributed by atoms with van der Waals surface area (Å²) in [6.07, 6.45) is 1.84. The van der Waals surface area contributed by atoms with Gasteiger partial charge in [0.15, 0.2) is 0 Å². The number of esters is 1. The predicted molar refractivity (Wildman–Crippen MR) is 67.1 cm³/mol. The van der Waals surface area contributed by atoms with Gasteiger partial charge in [-0.15, -0.1) is 11.3 Å². The van der Waals surface area contributed by atoms with E-state index in [-0.39, 0.29) is 18.4 Å². The highest BCUT2D eigenvalue weighted by Gasteiger charge is 2.16. The van der Waals surface area contributed by atoms with E-state index in [1.54, 1.807) is 13.1 Å². The van der Waals surface area contributed by atoms with E-state index < -0.39 is 0 Å². The Hall–Kier alpha value is -1.36. The maximum atomic E-state index is 11.8. The molecule has 1 aromatic heterocycles. The largest absolute Gasteiger partial charge is 0.464 e. The lowest BCUT2D eigenvalue weighted by molar-refractivity contribution is -0.144. The first kappa shape index (κ1) is 13.7. The van der Waals surface area contributed by atoms with Gasteiger partial charge in [-0.2, -0.15) is 0 Å². The molecule has 1 rings (SSSR count). The average Bonchev–Trinajstić information content (AvgIpc) is 2.81. The van der Waals surface area contributed by atoms with Crippen LogP contribution in [0.15, 0.2) is 17.5 Å². The molecule has 0 bridgehead atoms. The minimum atomic E-state index is -0.356. The quantitative estimate of drug-likeness (QED) is 0.578. The van der Waals surface area contributed by atoms with Crippen LogP contribution in [0.25, 0.3) is 0 Å². The fourth-order valence-corrected chi connectivity index (χ4v) is 1.95. The highest BCUT2D eigenvalue weighted by atomic mass is 32.1. The maximum absolute atomic E-state index is 11.8. The number of ether oxygens (including phenoxy) is 1. The molecule has 0 radical (unpaired) electrons. The van der Waals surface area contributed by atoms with Crippen molar-refractivity contribution < 1.29 is 14.3 Å². The molecule has 0 saturated heterocycles. The summed E-state index contributed by atoms with van der Waals surface area (Å²) in [5.74, 6) is -0.502. The number of hydrogen-bond acceptors (Lipinski definition) is 4. The molecule has 0 aliphatic heterocycles. The Morgan fingerprint density at radius 3 is 2.82 bits per heavy atom. The Balaban J connectivity index is 2.36. The molecule has 0 saturated carbocycles. The first-order valence-electron chi connectivity index (χ1n) is 5.59. The summed E-state index contributed by atoms with van der Waals surface area (Å²) in [5.41, 5.74) is 0. The van der Waals surface area contributed by atoms with Gasteiger partial charge in [0.2, 0.25) is 0 Å². The molecule has 0 aliphatic rings. The second-order valence-electron chi connectivity index (χ2n) is 3.71. The van der Waals surface area contributed by atoms with Gasteiger partial charge in [-0.05, 0) is 17.9 Å². The summed E-state index contributed by atoms with van der Waals surface area (Å²) in [7, 11) is 1.60. The van der Waals surface area contributed by atoms with Gasteiger partial charge in [-0.25, -0.2) is 0 Å². The highest BCUT2D eigenvalue weighted by molar-refractivity contribution is 7.12. The van der Waals surface area contributed by atoms with Crippen molar-refractivity contribution in [2.45, 2.75) is 19.8 Å². The molecular weight excluding hydrogens is 238 g/mol. The number of rotatable bonds is 6. The van der Waals surface area contributed by atoms with E-state index >= 15 is 0 Å². The molecular formula is C12H17NO3S. The van der Waals surface area contributed by atoms with Crippen LogP contribution in [0, 0.1) is 0 Å². The Morgan fingerprint density at radius 2 is 2.24 bits per heavy atom. The zero-order valence-corrected chi connectivity index (χ0v) is 11.0. The molecule has 1 aromatic rings. The molecule has 0 atom stereocenters. The van der Waals surface area contributed by atoms with Crippen molar-refractivity contribution >= 4 is 23.2 Å². The Kier molecular flexibility index (Phi) is 5.69. The second kappa shape index (κ2) is 7.06. The van der Waals surface area contributed by atoms with Crippen LogP contribution in [0.4, 0.5) is 0 Å². The number of unbranched alkanes of at least 4 members (excludes halogenated alkanes) is 1. The van der Waals surface area contributed by atoms with Crippen molar-refractivity contribution in [2.75, 3.05) is 20.2 Å². The fourth-order valence-electron chi connectivity index (χ4n) is 1.23. The zero-order chi connectivity index (χ0) is 12.7. The van der Waals surface area contributed by atoms with Crippen molar-refractivity contribution in [3.8, 4) is 0 Å². The van der Waals surface area contributed by atoms with E-state index in [0.29, 0.717) is 11.5 Å². The number of hydrogen-bond donors (Lipinski definition) is 0. The van der Waals surface area contributed by atoms with Gasteiger partial charge in [0.25, 0.3) is 5.91 Å². The lowest BCUT2D eigenvalue weighted by Crippen LogP contribution is -2.32. The van der Waals surface area contributed by atoms with E-state index in [2.05, 4.69) is 0 Å². The Bertz CT molecular complexity index is 362. The lowest BCUT2D eigenvalue weighted by atomic mass is 10.4. The summed E-state index contributed by atoms with van der Waals surface area (Å²) >= 11 is 1.36. The molecule has 4 nitrogen and oxygen atoms in total. The molecule has 0 aromatic carbocycles. The maximum Gasteiger partial charge on any atom is 0.325 e. The zero-order valence-electron chi connectivity index (χ0n) is 10.1. The highest BCUT2D eigenvalue weighted by Crippen LogP contribution is 2.10. The van der Waals surface area contributed by atoms with E-state index in [1.807, 2.05) is 18.4 Å². The van der Waals surface area contributed by atoms with Gasteiger partial charge >= 0.3 is 5.97 Å². The molecule has 1 amide bonds. The van der Waals surface area contributed by atoms with Crippen molar-refractivity contribution in [3.05, 3.63) is 22.4 Å². The van der Waals surface area contributed by atoms with E-state index in [1.165, 1.54) is 16.2 Å². The topological polar surface area (TPSA) is 46.6 Å². The van der Waals surface area contributed by atoms with Crippen LogP contribution >= 0.6 is 11.3 Å². The monoisotopic (exact) mass is 255 g/mol. The number of nitrogens with zero attached hydrogens (tertiary/aromatic N) is 1. The van der Waals surface area contributed by atoms with Crippen molar-refractivity contribution in [1.82, 2.24) is 4.90 Å². The standard InChI is InChI=1S/C12H17NO3S/c1-3-4-7-16-11(14)9-13(2)12(15)10-6-5-8-17-10/h5-6,8H,3-4,7,9H2,1-2H3. The summed E-state index contributed by atoms with van der Waals surface area (Å²) < 4.78 is 4.99. The molecule has 94 valence electrons. The SMILES string of the molecule is CCCCOC(=O)CN(C)C(=O)c1cccs1. The van der Waals surface area contributed by atoms with Crippen LogP contribution in [-0.4, -0.2) is 37.0 Å². The summed E-state index contributed by atoms with van der Waals surface area (Å²) in [6.45, 7) is 2.46. The van der Waals surface area contributed by atoms with Gasteiger partial charge in [-0.1, -0.05) is 19.4 Å². The third kappa shape index (κ3) is 4.56. The third-order valence-electron chi connectivity index (χ3n) is 2.21. The molecule has 0 unspecified atom stereocenters. The Labute approximate surface area is 105 Å². The molecule has 0 spiro atoms. The van der Waals surface area contributed by atoms with Gasteiger partial charge < -0.3 is 9.64 Å². The number of likely N-dealkylation sites (N-methyl/N-ethyl adjacent to an activating group) is 1. The van der Waals surface area contributed by atoms with Crippen molar-refractivity contribution in [1.29, 1.82) is 0 Å². The van der Waals surface area contributed by atoms with Crippen LogP contribution in [0.1, 0.15) is 29.4 Å². The normalized spacial score (nSPS) is 10.0. The summed E-state index contributed by atoms with van der Waals surface area (Å²) in [6, 6.07) is 3.55. The van der Waals surface area contributed by atoms with Gasteiger partial charge in [0.1, 0.15) is 6.54 Å². The molecule has 0 aliphatic carbocycles. The van der Waals surface area contributed by atoms with Crippen LogP contribution in [0.2, 0.25) is 0 Å². The van der Waals surface area contributed by atoms with E-state index in [4.69, 9.17) is 4.74 Å². The molecule has 17 heavy (non-hydrogen) atoms.